The van der Waals surface area contributed by atoms with E-state index < -0.39 is 6.09 Å². The van der Waals surface area contributed by atoms with Gasteiger partial charge in [0.2, 0.25) is 0 Å². The molecule has 1 atom stereocenters. The summed E-state index contributed by atoms with van der Waals surface area (Å²) in [5, 5.41) is 5.45. The molecule has 1 unspecified atom stereocenters. The lowest BCUT2D eigenvalue weighted by atomic mass is 10.1. The Bertz CT molecular complexity index is 978. The van der Waals surface area contributed by atoms with Gasteiger partial charge in [-0.2, -0.15) is 0 Å². The fourth-order valence-corrected chi connectivity index (χ4v) is 4.03. The Morgan fingerprint density at radius 1 is 1.24 bits per heavy atom. The number of benzene rings is 1. The van der Waals surface area contributed by atoms with Crippen molar-refractivity contribution in [3.8, 4) is 11.3 Å². The fraction of sp³-hybridized carbons (Fsp3) is 0.480. The Kier molecular flexibility index (Phi) is 9.68. The summed E-state index contributed by atoms with van der Waals surface area (Å²) in [5.74, 6) is 0. The smallest absolute Gasteiger partial charge is 0.411 e. The van der Waals surface area contributed by atoms with Gasteiger partial charge in [0.15, 0.2) is 0 Å². The van der Waals surface area contributed by atoms with Crippen molar-refractivity contribution in [2.24, 2.45) is 0 Å². The highest BCUT2D eigenvalue weighted by Crippen LogP contribution is 2.25. The van der Waals surface area contributed by atoms with Crippen molar-refractivity contribution in [2.45, 2.75) is 53.1 Å². The summed E-state index contributed by atoms with van der Waals surface area (Å²) in [5.41, 5.74) is 7.17. The molecule has 3 rings (SSSR count). The van der Waals surface area contributed by atoms with E-state index in [0.717, 1.165) is 49.4 Å². The molecule has 1 amide bonds. The number of carbonyl (C=O) groups is 1. The van der Waals surface area contributed by atoms with Crippen molar-refractivity contribution in [1.82, 2.24) is 30.6 Å². The minimum atomic E-state index is -0.516. The Balaban J connectivity index is 1.76. The molecule has 0 aliphatic carbocycles. The molecule has 2 heterocycles. The molecule has 184 valence electrons. The first-order valence-corrected chi connectivity index (χ1v) is 12.3. The summed E-state index contributed by atoms with van der Waals surface area (Å²) in [4.78, 5) is 24.1. The molecule has 1 aromatic carbocycles. The van der Waals surface area contributed by atoms with Crippen LogP contribution in [-0.2, 0) is 11.3 Å². The molecule has 8 nitrogen and oxygen atoms in total. The zero-order valence-electron chi connectivity index (χ0n) is 20.5. The normalized spacial score (nSPS) is 13.9. The molecule has 9 heteroatoms. The van der Waals surface area contributed by atoms with Crippen LogP contribution >= 0.6 is 11.6 Å². The first-order valence-electron chi connectivity index (χ1n) is 12.0. The summed E-state index contributed by atoms with van der Waals surface area (Å²) >= 11 is 6.03. The maximum Gasteiger partial charge on any atom is 0.411 e. The molecule has 0 saturated heterocycles. The maximum absolute atomic E-state index is 12.2. The molecule has 0 bridgehead atoms. The van der Waals surface area contributed by atoms with Gasteiger partial charge >= 0.3 is 6.09 Å². The number of fused-ring (bicyclic) bond motifs is 1. The molecular formula is C25H35ClN6O2. The van der Waals surface area contributed by atoms with Gasteiger partial charge in [0, 0.05) is 22.8 Å². The van der Waals surface area contributed by atoms with Crippen molar-refractivity contribution in [2.75, 3.05) is 26.2 Å². The highest BCUT2D eigenvalue weighted by molar-refractivity contribution is 6.30. The number of alkyl carbamates (subject to hydrolysis) is 1. The van der Waals surface area contributed by atoms with E-state index in [1.807, 2.05) is 35.5 Å². The monoisotopic (exact) mass is 486 g/mol. The summed E-state index contributed by atoms with van der Waals surface area (Å²) < 4.78 is 5.08. The number of aromatic nitrogens is 2. The number of hydrazine groups is 1. The second-order valence-electron chi connectivity index (χ2n) is 8.27. The van der Waals surface area contributed by atoms with Crippen LogP contribution in [0.3, 0.4) is 0 Å². The Morgan fingerprint density at radius 3 is 2.65 bits per heavy atom. The topological polar surface area (TPSA) is 82.6 Å². The number of ether oxygens (including phenoxy) is 1. The van der Waals surface area contributed by atoms with Crippen LogP contribution in [0.15, 0.2) is 36.7 Å². The Labute approximate surface area is 207 Å². The lowest BCUT2D eigenvalue weighted by Gasteiger charge is -2.31. The van der Waals surface area contributed by atoms with Gasteiger partial charge in [-0.3, -0.25) is 10.3 Å². The van der Waals surface area contributed by atoms with E-state index in [-0.39, 0.29) is 6.04 Å². The van der Waals surface area contributed by atoms with Crippen LogP contribution in [0.2, 0.25) is 5.02 Å². The van der Waals surface area contributed by atoms with E-state index in [4.69, 9.17) is 21.3 Å². The number of amides is 1. The molecule has 1 aromatic heterocycles. The molecule has 0 saturated carbocycles. The van der Waals surface area contributed by atoms with Gasteiger partial charge < -0.3 is 14.6 Å². The van der Waals surface area contributed by atoms with Crippen LogP contribution in [0.1, 0.15) is 51.9 Å². The molecule has 0 spiro atoms. The van der Waals surface area contributed by atoms with E-state index in [2.05, 4.69) is 41.4 Å². The van der Waals surface area contributed by atoms with Gasteiger partial charge in [-0.05, 0) is 58.5 Å². The van der Waals surface area contributed by atoms with Crippen molar-refractivity contribution >= 4 is 23.4 Å². The second-order valence-corrected chi connectivity index (χ2v) is 8.71. The molecule has 1 aliphatic heterocycles. The van der Waals surface area contributed by atoms with Gasteiger partial charge in [-0.15, -0.1) is 0 Å². The molecular weight excluding hydrogens is 452 g/mol. The average Bonchev–Trinajstić information content (AvgIpc) is 2.82. The average molecular weight is 487 g/mol. The number of nitrogens with zero attached hydrogens (tertiary/aromatic N) is 4. The largest absolute Gasteiger partial charge is 0.450 e. The van der Waals surface area contributed by atoms with E-state index in [1.54, 1.807) is 13.1 Å². The van der Waals surface area contributed by atoms with Crippen LogP contribution in [0, 0.1) is 0 Å². The van der Waals surface area contributed by atoms with Crippen molar-refractivity contribution in [3.05, 3.63) is 53.1 Å². The predicted molar refractivity (Wildman–Crippen MR) is 136 cm³/mol. The molecule has 34 heavy (non-hydrogen) atoms. The number of nitrogens with one attached hydrogen (secondary N) is 2. The zero-order chi connectivity index (χ0) is 24.5. The molecule has 2 N–H and O–H groups in total. The highest BCUT2D eigenvalue weighted by atomic mass is 35.5. The van der Waals surface area contributed by atoms with Gasteiger partial charge in [-0.25, -0.2) is 15.2 Å². The summed E-state index contributed by atoms with van der Waals surface area (Å²) in [6.45, 7) is 12.4. The van der Waals surface area contributed by atoms with Crippen molar-refractivity contribution in [3.63, 3.8) is 0 Å². The first kappa shape index (κ1) is 25.9. The summed E-state index contributed by atoms with van der Waals surface area (Å²) in [7, 11) is 0. The van der Waals surface area contributed by atoms with Crippen LogP contribution in [0.4, 0.5) is 4.79 Å². The number of halogens is 1. The maximum atomic E-state index is 12.2. The van der Waals surface area contributed by atoms with Crippen LogP contribution in [0.25, 0.3) is 17.0 Å². The summed E-state index contributed by atoms with van der Waals surface area (Å²) in [6, 6.07) is 7.76. The highest BCUT2D eigenvalue weighted by Gasteiger charge is 2.23. The SMILES string of the molecule is CCOC(=O)NC1=CN(NC(C)CCCN(CC)CC)Cc2nc(-c3ccc(Cl)cc3)cnc21. The quantitative estimate of drug-likeness (QED) is 0.477. The van der Waals surface area contributed by atoms with Crippen molar-refractivity contribution < 1.29 is 9.53 Å². The molecule has 1 aliphatic rings. The fourth-order valence-electron chi connectivity index (χ4n) is 3.91. The summed E-state index contributed by atoms with van der Waals surface area (Å²) in [6.07, 6.45) is 5.19. The van der Waals surface area contributed by atoms with E-state index in [9.17, 15) is 4.79 Å². The number of carbonyl (C=O) groups excluding carboxylic acids is 1. The van der Waals surface area contributed by atoms with Crippen LogP contribution in [0.5, 0.6) is 0 Å². The number of rotatable bonds is 11. The van der Waals surface area contributed by atoms with E-state index in [1.165, 1.54) is 0 Å². The lowest BCUT2D eigenvalue weighted by molar-refractivity contribution is 0.156. The van der Waals surface area contributed by atoms with Crippen LogP contribution in [-0.4, -0.2) is 58.3 Å². The van der Waals surface area contributed by atoms with Crippen LogP contribution < -0.4 is 10.7 Å². The minimum absolute atomic E-state index is 0.254. The predicted octanol–water partition coefficient (Wildman–Crippen LogP) is 4.67. The zero-order valence-corrected chi connectivity index (χ0v) is 21.2. The van der Waals surface area contributed by atoms with Gasteiger partial charge in [-0.1, -0.05) is 37.6 Å². The van der Waals surface area contributed by atoms with E-state index >= 15 is 0 Å². The number of hydrogen-bond donors (Lipinski definition) is 2. The molecule has 2 aromatic rings. The molecule has 0 fully saturated rings. The Hall–Kier alpha value is -2.68. The van der Waals surface area contributed by atoms with Gasteiger partial charge in [0.05, 0.1) is 36.4 Å². The van der Waals surface area contributed by atoms with Crippen molar-refractivity contribution in [1.29, 1.82) is 0 Å². The van der Waals surface area contributed by atoms with Gasteiger partial charge in [0.25, 0.3) is 0 Å². The lowest BCUT2D eigenvalue weighted by Crippen LogP contribution is -2.43. The third-order valence-electron chi connectivity index (χ3n) is 5.75. The number of hydrogen-bond acceptors (Lipinski definition) is 7. The van der Waals surface area contributed by atoms with Gasteiger partial charge in [0.1, 0.15) is 5.69 Å². The van der Waals surface area contributed by atoms with E-state index in [0.29, 0.717) is 29.6 Å². The standard InChI is InChI=1S/C25H35ClN6O2/c1-5-31(6-2)14-8-9-18(4)30-32-16-22-24(23(17-32)29-25(33)34-7-3)27-15-21(28-22)19-10-12-20(26)13-11-19/h10-13,15,17-18,30H,5-9,14,16H2,1-4H3,(H,29,33). The molecule has 0 radical (unpaired) electrons. The third-order valence-corrected chi connectivity index (χ3v) is 6.00. The first-order chi connectivity index (χ1) is 16.4. The Morgan fingerprint density at radius 2 is 1.97 bits per heavy atom. The minimum Gasteiger partial charge on any atom is -0.450 e. The third kappa shape index (κ3) is 7.16. The second kappa shape index (κ2) is 12.7.